The van der Waals surface area contributed by atoms with Crippen molar-refractivity contribution in [2.75, 3.05) is 0 Å². The van der Waals surface area contributed by atoms with Crippen LogP contribution in [0.5, 0.6) is 0 Å². The van der Waals surface area contributed by atoms with Crippen molar-refractivity contribution in [1.29, 1.82) is 0 Å². The summed E-state index contributed by atoms with van der Waals surface area (Å²) in [5.41, 5.74) is 0. The Morgan fingerprint density at radius 1 is 0.750 bits per heavy atom. The Morgan fingerprint density at radius 3 is 1.33 bits per heavy atom. The SMILES string of the molecule is C1[C-]2CC3CC1CC(C2)C3.[Br-].[Mg+2]. The maximum absolute atomic E-state index is 1.93. The maximum atomic E-state index is 1.93. The maximum Gasteiger partial charge on any atom is 2.00 e. The number of rotatable bonds is 0. The predicted octanol–water partition coefficient (Wildman–Crippen LogP) is -0.586. The van der Waals surface area contributed by atoms with Crippen molar-refractivity contribution in [2.24, 2.45) is 17.8 Å². The van der Waals surface area contributed by atoms with Gasteiger partial charge < -0.3 is 22.9 Å². The number of hydrogen-bond acceptors (Lipinski definition) is 0. The van der Waals surface area contributed by atoms with E-state index in [1.165, 1.54) is 19.3 Å². The molecule has 0 amide bonds. The summed E-state index contributed by atoms with van der Waals surface area (Å²) in [5.74, 6) is 5.35. The second kappa shape index (κ2) is 4.18. The molecule has 4 fully saturated rings. The fourth-order valence-corrected chi connectivity index (χ4v) is 3.68. The minimum Gasteiger partial charge on any atom is -1.00 e. The van der Waals surface area contributed by atoms with E-state index in [4.69, 9.17) is 0 Å². The van der Waals surface area contributed by atoms with Gasteiger partial charge >= 0.3 is 23.1 Å². The molecule has 4 saturated carbocycles. The zero-order chi connectivity index (χ0) is 6.55. The molecule has 0 spiro atoms. The molecule has 0 atom stereocenters. The van der Waals surface area contributed by atoms with Gasteiger partial charge in [0.2, 0.25) is 0 Å². The molecule has 0 aliphatic heterocycles. The summed E-state index contributed by atoms with van der Waals surface area (Å²) < 4.78 is 0. The van der Waals surface area contributed by atoms with Crippen molar-refractivity contribution in [3.05, 3.63) is 5.92 Å². The van der Waals surface area contributed by atoms with E-state index < -0.39 is 0 Å². The van der Waals surface area contributed by atoms with Gasteiger partial charge in [0, 0.05) is 0 Å². The molecule has 0 radical (unpaired) electrons. The van der Waals surface area contributed by atoms with Crippen LogP contribution in [0.3, 0.4) is 0 Å². The zero-order valence-electron chi connectivity index (χ0n) is 7.56. The Morgan fingerprint density at radius 2 is 1.08 bits per heavy atom. The van der Waals surface area contributed by atoms with Crippen molar-refractivity contribution in [3.8, 4) is 0 Å². The second-order valence-electron chi connectivity index (χ2n) is 4.67. The molecule has 4 aliphatic rings. The normalized spacial score (nSPS) is 43.5. The summed E-state index contributed by atoms with van der Waals surface area (Å²) in [4.78, 5) is 0. The molecule has 2 heteroatoms. The van der Waals surface area contributed by atoms with Gasteiger partial charge in [-0.15, -0.1) is 0 Å². The Balaban J connectivity index is 0.000000360. The Bertz CT molecular complexity index is 101. The minimum atomic E-state index is 0. The standard InChI is InChI=1S/C10H15.BrH.Mg/c1-7-2-9-4-8(1)5-10(3-7)6-9;;/h7-9H,1-6H2;1H;/q-1;;+2/p-1. The molecule has 0 aromatic carbocycles. The molecular formula is C10H15BrMg. The van der Waals surface area contributed by atoms with Crippen molar-refractivity contribution >= 4 is 23.1 Å². The molecule has 0 saturated heterocycles. The van der Waals surface area contributed by atoms with Crippen LogP contribution in [0.15, 0.2) is 0 Å². The third kappa shape index (κ3) is 1.85. The first-order valence-corrected chi connectivity index (χ1v) is 4.73. The molecule has 0 N–H and O–H groups in total. The average molecular weight is 239 g/mol. The first kappa shape index (κ1) is 11.3. The van der Waals surface area contributed by atoms with Crippen molar-refractivity contribution < 1.29 is 17.0 Å². The first-order valence-electron chi connectivity index (χ1n) is 4.73. The summed E-state index contributed by atoms with van der Waals surface area (Å²) in [7, 11) is 0. The molecule has 4 bridgehead atoms. The van der Waals surface area contributed by atoms with Gasteiger partial charge in [-0.25, -0.2) is 0 Å². The third-order valence-corrected chi connectivity index (χ3v) is 3.73. The summed E-state index contributed by atoms with van der Waals surface area (Å²) in [6.45, 7) is 0. The van der Waals surface area contributed by atoms with E-state index in [-0.39, 0.29) is 40.0 Å². The van der Waals surface area contributed by atoms with Crippen LogP contribution in [0.25, 0.3) is 0 Å². The van der Waals surface area contributed by atoms with E-state index in [0.717, 1.165) is 17.8 Å². The summed E-state index contributed by atoms with van der Waals surface area (Å²) >= 11 is 0. The van der Waals surface area contributed by atoms with Gasteiger partial charge in [-0.3, -0.25) is 0 Å². The molecule has 4 rings (SSSR count). The molecule has 0 aromatic heterocycles. The van der Waals surface area contributed by atoms with Gasteiger partial charge in [-0.05, 0) is 0 Å². The molecule has 0 aromatic rings. The van der Waals surface area contributed by atoms with Crippen LogP contribution in [-0.4, -0.2) is 23.1 Å². The van der Waals surface area contributed by atoms with Crippen LogP contribution in [0.4, 0.5) is 0 Å². The van der Waals surface area contributed by atoms with E-state index in [1.807, 2.05) is 5.92 Å². The smallest absolute Gasteiger partial charge is 1.00 e. The van der Waals surface area contributed by atoms with Crippen molar-refractivity contribution in [2.45, 2.75) is 38.5 Å². The van der Waals surface area contributed by atoms with Gasteiger partial charge in [0.05, 0.1) is 0 Å². The van der Waals surface area contributed by atoms with Crippen molar-refractivity contribution in [1.82, 2.24) is 0 Å². The van der Waals surface area contributed by atoms with Crippen LogP contribution in [0.1, 0.15) is 38.5 Å². The second-order valence-corrected chi connectivity index (χ2v) is 4.67. The van der Waals surface area contributed by atoms with E-state index in [9.17, 15) is 0 Å². The van der Waals surface area contributed by atoms with Crippen LogP contribution in [0, 0.1) is 23.7 Å². The van der Waals surface area contributed by atoms with Gasteiger partial charge in [0.25, 0.3) is 0 Å². The number of hydrogen-bond donors (Lipinski definition) is 0. The fraction of sp³-hybridized carbons (Fsp3) is 0.900. The Kier molecular flexibility index (Phi) is 3.95. The predicted molar refractivity (Wildman–Crippen MR) is 47.2 cm³/mol. The molecule has 4 aliphatic carbocycles. The fourth-order valence-electron chi connectivity index (χ4n) is 3.68. The van der Waals surface area contributed by atoms with E-state index in [2.05, 4.69) is 0 Å². The van der Waals surface area contributed by atoms with Gasteiger partial charge in [-0.2, -0.15) is 19.3 Å². The molecule has 0 heterocycles. The van der Waals surface area contributed by atoms with Crippen LogP contribution in [0.2, 0.25) is 0 Å². The third-order valence-electron chi connectivity index (χ3n) is 3.73. The first-order chi connectivity index (χ1) is 4.90. The Labute approximate surface area is 102 Å². The van der Waals surface area contributed by atoms with Crippen LogP contribution >= 0.6 is 0 Å². The topological polar surface area (TPSA) is 0 Å². The van der Waals surface area contributed by atoms with E-state index >= 15 is 0 Å². The molecular weight excluding hydrogens is 224 g/mol. The van der Waals surface area contributed by atoms with Gasteiger partial charge in [0.15, 0.2) is 0 Å². The quantitative estimate of drug-likeness (QED) is 0.392. The zero-order valence-corrected chi connectivity index (χ0v) is 10.6. The average Bonchev–Trinajstić information content (AvgIpc) is 1.82. The van der Waals surface area contributed by atoms with E-state index in [0.29, 0.717) is 0 Å². The molecule has 64 valence electrons. The summed E-state index contributed by atoms with van der Waals surface area (Å²) in [6, 6.07) is 0. The number of halogens is 1. The van der Waals surface area contributed by atoms with Gasteiger partial charge in [-0.1, -0.05) is 37.0 Å². The van der Waals surface area contributed by atoms with Crippen LogP contribution in [-0.2, 0) is 0 Å². The largest absolute Gasteiger partial charge is 2.00 e. The molecule has 12 heavy (non-hydrogen) atoms. The minimum absolute atomic E-state index is 0. The summed E-state index contributed by atoms with van der Waals surface area (Å²) in [5, 5.41) is 0. The van der Waals surface area contributed by atoms with Crippen LogP contribution < -0.4 is 17.0 Å². The summed E-state index contributed by atoms with van der Waals surface area (Å²) in [6.07, 6.45) is 9.31. The monoisotopic (exact) mass is 238 g/mol. The Hall–Kier alpha value is 1.25. The molecule has 0 nitrogen and oxygen atoms in total. The van der Waals surface area contributed by atoms with E-state index in [1.54, 1.807) is 19.3 Å². The van der Waals surface area contributed by atoms with Gasteiger partial charge in [0.1, 0.15) is 0 Å². The van der Waals surface area contributed by atoms with Crippen molar-refractivity contribution in [3.63, 3.8) is 0 Å². The molecule has 0 unspecified atom stereocenters.